The number of benzene rings is 1. The molecule has 4 heteroatoms. The highest BCUT2D eigenvalue weighted by Gasteiger charge is 2.19. The molecule has 18 heavy (non-hydrogen) atoms. The normalized spacial score (nSPS) is 12.4. The highest BCUT2D eigenvalue weighted by atomic mass is 16.2. The maximum Gasteiger partial charge on any atom is 0.273 e. The van der Waals surface area contributed by atoms with E-state index in [9.17, 15) is 4.79 Å². The van der Waals surface area contributed by atoms with Crippen molar-refractivity contribution in [3.63, 3.8) is 0 Å². The Hall–Kier alpha value is -1.94. The molecule has 2 rings (SSSR count). The molecule has 1 amide bonds. The van der Waals surface area contributed by atoms with E-state index in [1.54, 1.807) is 18.1 Å². The summed E-state index contributed by atoms with van der Waals surface area (Å²) in [5.41, 5.74) is 6.07. The smallest absolute Gasteiger partial charge is 0.273 e. The molecule has 2 N–H and O–H groups in total. The second-order valence-electron chi connectivity index (χ2n) is 4.38. The van der Waals surface area contributed by atoms with E-state index in [4.69, 9.17) is 5.73 Å². The van der Waals surface area contributed by atoms with Crippen LogP contribution in [0.25, 0.3) is 10.8 Å². The third-order valence-corrected chi connectivity index (χ3v) is 3.20. The monoisotopic (exact) mass is 243 g/mol. The fourth-order valence-electron chi connectivity index (χ4n) is 1.82. The molecule has 0 saturated carbocycles. The van der Waals surface area contributed by atoms with Crippen molar-refractivity contribution in [3.8, 4) is 0 Å². The fourth-order valence-corrected chi connectivity index (χ4v) is 1.82. The van der Waals surface area contributed by atoms with Crippen molar-refractivity contribution < 1.29 is 4.79 Å². The van der Waals surface area contributed by atoms with E-state index < -0.39 is 0 Å². The summed E-state index contributed by atoms with van der Waals surface area (Å²) >= 11 is 0. The van der Waals surface area contributed by atoms with Crippen molar-refractivity contribution in [1.82, 2.24) is 9.88 Å². The van der Waals surface area contributed by atoms with Gasteiger partial charge in [0.25, 0.3) is 5.91 Å². The highest BCUT2D eigenvalue weighted by Crippen LogP contribution is 2.17. The largest absolute Gasteiger partial charge is 0.336 e. The highest BCUT2D eigenvalue weighted by molar-refractivity contribution is 6.05. The second-order valence-corrected chi connectivity index (χ2v) is 4.38. The van der Waals surface area contributed by atoms with E-state index in [1.807, 2.05) is 37.3 Å². The Labute approximate surface area is 106 Å². The summed E-state index contributed by atoms with van der Waals surface area (Å²) in [6, 6.07) is 9.64. The van der Waals surface area contributed by atoms with E-state index in [-0.39, 0.29) is 11.9 Å². The molecule has 2 aromatic rings. The van der Waals surface area contributed by atoms with Gasteiger partial charge in [-0.3, -0.25) is 9.78 Å². The number of fused-ring (bicyclic) bond motifs is 1. The zero-order chi connectivity index (χ0) is 13.1. The van der Waals surface area contributed by atoms with Crippen LogP contribution in [-0.4, -0.2) is 35.4 Å². The molecule has 1 aromatic heterocycles. The van der Waals surface area contributed by atoms with Crippen LogP contribution in [0.1, 0.15) is 17.4 Å². The SMILES string of the molecule is CC(CN)N(C)C(=O)c1nccc2ccccc12. The summed E-state index contributed by atoms with van der Waals surface area (Å²) in [5, 5.41) is 1.89. The first kappa shape index (κ1) is 12.5. The lowest BCUT2D eigenvalue weighted by Gasteiger charge is -2.23. The zero-order valence-electron chi connectivity index (χ0n) is 10.6. The van der Waals surface area contributed by atoms with Crippen molar-refractivity contribution in [2.45, 2.75) is 13.0 Å². The molecule has 1 heterocycles. The summed E-state index contributed by atoms with van der Waals surface area (Å²) in [4.78, 5) is 18.2. The average molecular weight is 243 g/mol. The van der Waals surface area contributed by atoms with Gasteiger partial charge in [0, 0.05) is 31.2 Å². The topological polar surface area (TPSA) is 59.2 Å². The van der Waals surface area contributed by atoms with E-state index in [1.165, 1.54) is 0 Å². The van der Waals surface area contributed by atoms with Crippen LogP contribution in [0.2, 0.25) is 0 Å². The molecule has 0 fully saturated rings. The molecule has 94 valence electrons. The maximum absolute atomic E-state index is 12.4. The minimum absolute atomic E-state index is 0.00160. The molecule has 1 atom stereocenters. The Morgan fingerprint density at radius 1 is 1.39 bits per heavy atom. The molecule has 0 aliphatic rings. The Morgan fingerprint density at radius 3 is 2.83 bits per heavy atom. The lowest BCUT2D eigenvalue weighted by molar-refractivity contribution is 0.0744. The summed E-state index contributed by atoms with van der Waals surface area (Å²) < 4.78 is 0. The van der Waals surface area contributed by atoms with Crippen LogP contribution in [0, 0.1) is 0 Å². The van der Waals surface area contributed by atoms with Gasteiger partial charge in [-0.05, 0) is 18.4 Å². The van der Waals surface area contributed by atoms with Crippen LogP contribution in [0.4, 0.5) is 0 Å². The van der Waals surface area contributed by atoms with E-state index in [0.29, 0.717) is 12.2 Å². The van der Waals surface area contributed by atoms with Crippen LogP contribution in [0.5, 0.6) is 0 Å². The molecule has 0 bridgehead atoms. The van der Waals surface area contributed by atoms with Gasteiger partial charge in [0.05, 0.1) is 0 Å². The lowest BCUT2D eigenvalue weighted by atomic mass is 10.1. The third kappa shape index (κ3) is 2.19. The number of hydrogen-bond donors (Lipinski definition) is 1. The molecule has 1 unspecified atom stereocenters. The Balaban J connectivity index is 2.45. The number of carbonyl (C=O) groups excluding carboxylic acids is 1. The molecule has 0 radical (unpaired) electrons. The molecule has 1 aromatic carbocycles. The first-order valence-electron chi connectivity index (χ1n) is 5.96. The molecular formula is C14H17N3O. The number of nitrogens with two attached hydrogens (primary N) is 1. The number of hydrogen-bond acceptors (Lipinski definition) is 3. The number of amides is 1. The molecule has 0 spiro atoms. The first-order chi connectivity index (χ1) is 8.65. The Kier molecular flexibility index (Phi) is 3.58. The predicted octanol–water partition coefficient (Wildman–Crippen LogP) is 1.65. The fraction of sp³-hybridized carbons (Fsp3) is 0.286. The van der Waals surface area contributed by atoms with Gasteiger partial charge in [0.15, 0.2) is 0 Å². The van der Waals surface area contributed by atoms with E-state index in [0.717, 1.165) is 10.8 Å². The number of nitrogens with zero attached hydrogens (tertiary/aromatic N) is 2. The van der Waals surface area contributed by atoms with E-state index in [2.05, 4.69) is 4.98 Å². The van der Waals surface area contributed by atoms with Crippen molar-refractivity contribution in [2.24, 2.45) is 5.73 Å². The molecule has 0 aliphatic carbocycles. The quantitative estimate of drug-likeness (QED) is 0.891. The van der Waals surface area contributed by atoms with Crippen LogP contribution in [0.3, 0.4) is 0 Å². The summed E-state index contributed by atoms with van der Waals surface area (Å²) in [6.45, 7) is 2.36. The van der Waals surface area contributed by atoms with Crippen molar-refractivity contribution >= 4 is 16.7 Å². The van der Waals surface area contributed by atoms with Gasteiger partial charge in [-0.2, -0.15) is 0 Å². The molecular weight excluding hydrogens is 226 g/mol. The van der Waals surface area contributed by atoms with Gasteiger partial charge in [-0.15, -0.1) is 0 Å². The van der Waals surface area contributed by atoms with Crippen molar-refractivity contribution in [2.75, 3.05) is 13.6 Å². The zero-order valence-corrected chi connectivity index (χ0v) is 10.6. The van der Waals surface area contributed by atoms with Crippen LogP contribution < -0.4 is 5.73 Å². The third-order valence-electron chi connectivity index (χ3n) is 3.20. The van der Waals surface area contributed by atoms with Crippen molar-refractivity contribution in [1.29, 1.82) is 0 Å². The van der Waals surface area contributed by atoms with Gasteiger partial charge < -0.3 is 10.6 Å². The van der Waals surface area contributed by atoms with Crippen LogP contribution in [-0.2, 0) is 0 Å². The summed E-state index contributed by atoms with van der Waals surface area (Å²) in [5.74, 6) is -0.0928. The van der Waals surface area contributed by atoms with Gasteiger partial charge in [-0.1, -0.05) is 24.3 Å². The standard InChI is InChI=1S/C14H17N3O/c1-10(9-15)17(2)14(18)13-12-6-4-3-5-11(12)7-8-16-13/h3-8,10H,9,15H2,1-2H3. The van der Waals surface area contributed by atoms with Gasteiger partial charge in [-0.25, -0.2) is 0 Å². The number of carbonyl (C=O) groups is 1. The lowest BCUT2D eigenvalue weighted by Crippen LogP contribution is -2.40. The van der Waals surface area contributed by atoms with Gasteiger partial charge in [0.2, 0.25) is 0 Å². The number of likely N-dealkylation sites (N-methyl/N-ethyl adjacent to an activating group) is 1. The molecule has 4 nitrogen and oxygen atoms in total. The minimum Gasteiger partial charge on any atom is -0.336 e. The number of pyridine rings is 1. The predicted molar refractivity (Wildman–Crippen MR) is 72.4 cm³/mol. The van der Waals surface area contributed by atoms with Gasteiger partial charge >= 0.3 is 0 Å². The number of aromatic nitrogens is 1. The minimum atomic E-state index is -0.0928. The van der Waals surface area contributed by atoms with Crippen molar-refractivity contribution in [3.05, 3.63) is 42.2 Å². The average Bonchev–Trinajstić information content (AvgIpc) is 2.44. The Bertz CT molecular complexity index is 562. The Morgan fingerprint density at radius 2 is 2.11 bits per heavy atom. The maximum atomic E-state index is 12.4. The van der Waals surface area contributed by atoms with E-state index >= 15 is 0 Å². The molecule has 0 saturated heterocycles. The molecule has 0 aliphatic heterocycles. The summed E-state index contributed by atoms with van der Waals surface area (Å²) in [6.07, 6.45) is 1.66. The van der Waals surface area contributed by atoms with Gasteiger partial charge in [0.1, 0.15) is 5.69 Å². The van der Waals surface area contributed by atoms with Crippen LogP contribution in [0.15, 0.2) is 36.5 Å². The first-order valence-corrected chi connectivity index (χ1v) is 5.96. The van der Waals surface area contributed by atoms with Crippen LogP contribution >= 0.6 is 0 Å². The second kappa shape index (κ2) is 5.14. The number of rotatable bonds is 3. The summed E-state index contributed by atoms with van der Waals surface area (Å²) in [7, 11) is 1.75.